The quantitative estimate of drug-likeness (QED) is 0.736. The summed E-state index contributed by atoms with van der Waals surface area (Å²) in [4.78, 5) is 14.4. The van der Waals surface area contributed by atoms with Crippen LogP contribution in [0, 0.1) is 11.8 Å². The minimum atomic E-state index is 0.303. The number of ketones is 1. The van der Waals surface area contributed by atoms with Gasteiger partial charge in [0.15, 0.2) is 0 Å². The molecule has 3 atom stereocenters. The van der Waals surface area contributed by atoms with Gasteiger partial charge in [-0.25, -0.2) is 0 Å². The van der Waals surface area contributed by atoms with Crippen LogP contribution in [0.2, 0.25) is 0 Å². The van der Waals surface area contributed by atoms with Crippen LogP contribution in [0.3, 0.4) is 0 Å². The molecule has 1 saturated heterocycles. The number of carbonyl (C=O) groups excluding carboxylic acids is 1. The van der Waals surface area contributed by atoms with Gasteiger partial charge in [-0.15, -0.1) is 0 Å². The minimum Gasteiger partial charge on any atom is -0.383 e. The van der Waals surface area contributed by atoms with Crippen LogP contribution in [0.4, 0.5) is 0 Å². The van der Waals surface area contributed by atoms with Crippen LogP contribution in [-0.4, -0.2) is 43.5 Å². The van der Waals surface area contributed by atoms with Gasteiger partial charge in [0.2, 0.25) is 0 Å². The molecule has 0 N–H and O–H groups in total. The average molecular weight is 239 g/mol. The predicted molar refractivity (Wildman–Crippen MR) is 68.0 cm³/mol. The van der Waals surface area contributed by atoms with Gasteiger partial charge in [0.1, 0.15) is 5.78 Å². The summed E-state index contributed by atoms with van der Waals surface area (Å²) in [6.07, 6.45) is 5.56. The van der Waals surface area contributed by atoms with Crippen LogP contribution in [0.5, 0.6) is 0 Å². The van der Waals surface area contributed by atoms with Gasteiger partial charge in [-0.1, -0.05) is 13.3 Å². The Morgan fingerprint density at radius 3 is 2.94 bits per heavy atom. The topological polar surface area (TPSA) is 29.5 Å². The van der Waals surface area contributed by atoms with Crippen molar-refractivity contribution in [2.45, 2.75) is 45.1 Å². The fraction of sp³-hybridized carbons (Fsp3) is 0.929. The van der Waals surface area contributed by atoms with Crippen molar-refractivity contribution in [3.63, 3.8) is 0 Å². The molecule has 2 aliphatic rings. The molecule has 2 rings (SSSR count). The number of ether oxygens (including phenoxy) is 1. The van der Waals surface area contributed by atoms with Crippen LogP contribution < -0.4 is 0 Å². The number of Topliss-reactive ketones (excluding diaryl/α,β-unsaturated/α-hetero) is 1. The van der Waals surface area contributed by atoms with Crippen molar-refractivity contribution in [2.75, 3.05) is 26.8 Å². The van der Waals surface area contributed by atoms with Gasteiger partial charge in [-0.05, 0) is 31.7 Å². The molecule has 0 radical (unpaired) electrons. The van der Waals surface area contributed by atoms with E-state index >= 15 is 0 Å². The minimum absolute atomic E-state index is 0.303. The van der Waals surface area contributed by atoms with E-state index in [1.54, 1.807) is 7.11 Å². The summed E-state index contributed by atoms with van der Waals surface area (Å²) in [5, 5.41) is 0. The van der Waals surface area contributed by atoms with Gasteiger partial charge in [-0.2, -0.15) is 0 Å². The number of likely N-dealkylation sites (tertiary alicyclic amines) is 1. The lowest BCUT2D eigenvalue weighted by Crippen LogP contribution is -2.39. The number of carbonyl (C=O) groups is 1. The summed E-state index contributed by atoms with van der Waals surface area (Å²) in [6, 6.07) is 0.547. The van der Waals surface area contributed by atoms with E-state index in [1.807, 2.05) is 0 Å². The third-order valence-electron chi connectivity index (χ3n) is 4.56. The molecule has 2 fully saturated rings. The number of nitrogens with zero attached hydrogens (tertiary/aromatic N) is 1. The molecule has 0 unspecified atom stereocenters. The van der Waals surface area contributed by atoms with Crippen molar-refractivity contribution in [1.82, 2.24) is 4.90 Å². The normalized spacial score (nSPS) is 34.7. The highest BCUT2D eigenvalue weighted by atomic mass is 16.5. The number of hydrogen-bond donors (Lipinski definition) is 0. The van der Waals surface area contributed by atoms with Gasteiger partial charge >= 0.3 is 0 Å². The lowest BCUT2D eigenvalue weighted by atomic mass is 9.92. The highest BCUT2D eigenvalue weighted by Gasteiger charge is 2.36. The van der Waals surface area contributed by atoms with Crippen molar-refractivity contribution in [2.24, 2.45) is 11.8 Å². The molecule has 3 heteroatoms. The lowest BCUT2D eigenvalue weighted by Gasteiger charge is -2.28. The number of hydrogen-bond acceptors (Lipinski definition) is 3. The summed E-state index contributed by atoms with van der Waals surface area (Å²) in [5.74, 6) is 1.43. The van der Waals surface area contributed by atoms with Crippen LogP contribution in [0.25, 0.3) is 0 Å². The monoisotopic (exact) mass is 239 g/mol. The van der Waals surface area contributed by atoms with E-state index in [4.69, 9.17) is 4.74 Å². The fourth-order valence-electron chi connectivity index (χ4n) is 3.49. The van der Waals surface area contributed by atoms with Crippen molar-refractivity contribution in [3.8, 4) is 0 Å². The third-order valence-corrected chi connectivity index (χ3v) is 4.56. The molecule has 98 valence electrons. The third kappa shape index (κ3) is 2.89. The highest BCUT2D eigenvalue weighted by Crippen LogP contribution is 2.33. The maximum absolute atomic E-state index is 11.9. The first-order valence-corrected chi connectivity index (χ1v) is 7.02. The summed E-state index contributed by atoms with van der Waals surface area (Å²) in [5.41, 5.74) is 0. The maximum atomic E-state index is 11.9. The molecule has 17 heavy (non-hydrogen) atoms. The van der Waals surface area contributed by atoms with Gasteiger partial charge in [0, 0.05) is 32.0 Å². The molecule has 0 aromatic heterocycles. The van der Waals surface area contributed by atoms with Gasteiger partial charge in [-0.3, -0.25) is 9.69 Å². The Labute approximate surface area is 105 Å². The molecular weight excluding hydrogens is 214 g/mol. The predicted octanol–water partition coefficient (Wildman–Crippen LogP) is 2.10. The van der Waals surface area contributed by atoms with Gasteiger partial charge < -0.3 is 4.74 Å². The summed E-state index contributed by atoms with van der Waals surface area (Å²) >= 11 is 0. The van der Waals surface area contributed by atoms with Crippen LogP contribution >= 0.6 is 0 Å². The Bertz CT molecular complexity index is 267. The van der Waals surface area contributed by atoms with E-state index in [9.17, 15) is 4.79 Å². The van der Waals surface area contributed by atoms with E-state index in [1.165, 1.54) is 12.8 Å². The average Bonchev–Trinajstić information content (AvgIpc) is 2.89. The van der Waals surface area contributed by atoms with E-state index in [0.29, 0.717) is 23.7 Å². The first kappa shape index (κ1) is 13.0. The first-order valence-electron chi connectivity index (χ1n) is 7.02. The summed E-state index contributed by atoms with van der Waals surface area (Å²) in [6.45, 7) is 5.16. The fourth-order valence-corrected chi connectivity index (χ4v) is 3.49. The zero-order valence-electron chi connectivity index (χ0n) is 11.2. The standard InChI is InChI=1S/C14H25NO2/c1-3-11-6-7-14(16)13(11)9-15-8-4-5-12(15)10-17-2/h11-13H,3-10H2,1-2H3/t11-,12-,13+/m0/s1. The SMILES string of the molecule is CC[C@H]1CCC(=O)[C@@H]1CN1CCC[C@H]1COC. The molecule has 0 aromatic carbocycles. The molecule has 0 spiro atoms. The maximum Gasteiger partial charge on any atom is 0.137 e. The highest BCUT2D eigenvalue weighted by molar-refractivity contribution is 5.83. The molecule has 1 saturated carbocycles. The first-order chi connectivity index (χ1) is 8.26. The van der Waals surface area contributed by atoms with Gasteiger partial charge in [0.05, 0.1) is 6.61 Å². The Morgan fingerprint density at radius 2 is 2.24 bits per heavy atom. The summed E-state index contributed by atoms with van der Waals surface area (Å²) < 4.78 is 5.27. The summed E-state index contributed by atoms with van der Waals surface area (Å²) in [7, 11) is 1.77. The molecule has 0 aromatic rings. The Hall–Kier alpha value is -0.410. The number of rotatable bonds is 5. The molecule has 1 aliphatic heterocycles. The van der Waals surface area contributed by atoms with E-state index < -0.39 is 0 Å². The number of methoxy groups -OCH3 is 1. The Kier molecular flexibility index (Phi) is 4.57. The van der Waals surface area contributed by atoms with Crippen LogP contribution in [0.15, 0.2) is 0 Å². The second kappa shape index (κ2) is 5.96. The zero-order chi connectivity index (χ0) is 12.3. The molecule has 0 amide bonds. The molecule has 1 aliphatic carbocycles. The zero-order valence-corrected chi connectivity index (χ0v) is 11.2. The molecular formula is C14H25NO2. The Morgan fingerprint density at radius 1 is 1.41 bits per heavy atom. The smallest absolute Gasteiger partial charge is 0.137 e. The van der Waals surface area contributed by atoms with E-state index in [2.05, 4.69) is 11.8 Å². The van der Waals surface area contributed by atoms with Crippen LogP contribution in [0.1, 0.15) is 39.0 Å². The molecule has 0 bridgehead atoms. The lowest BCUT2D eigenvalue weighted by molar-refractivity contribution is -0.122. The van der Waals surface area contributed by atoms with Gasteiger partial charge in [0.25, 0.3) is 0 Å². The van der Waals surface area contributed by atoms with Crippen LogP contribution in [-0.2, 0) is 9.53 Å². The molecule has 3 nitrogen and oxygen atoms in total. The van der Waals surface area contributed by atoms with Crippen molar-refractivity contribution in [1.29, 1.82) is 0 Å². The van der Waals surface area contributed by atoms with E-state index in [0.717, 1.165) is 39.0 Å². The van der Waals surface area contributed by atoms with Crippen molar-refractivity contribution >= 4 is 5.78 Å². The molecule has 1 heterocycles. The van der Waals surface area contributed by atoms with E-state index in [-0.39, 0.29) is 0 Å². The largest absolute Gasteiger partial charge is 0.383 e. The van der Waals surface area contributed by atoms with Crippen molar-refractivity contribution in [3.05, 3.63) is 0 Å². The van der Waals surface area contributed by atoms with Crippen molar-refractivity contribution < 1.29 is 9.53 Å². The second-order valence-electron chi connectivity index (χ2n) is 5.53. The Balaban J connectivity index is 1.92. The second-order valence-corrected chi connectivity index (χ2v) is 5.53.